The number of hydrogen-bond donors (Lipinski definition) is 0. The number of nitrogens with zero attached hydrogens (tertiary/aromatic N) is 3. The molecule has 0 aliphatic heterocycles. The number of nitro benzene ring substituents is 1. The normalized spacial score (nSPS) is 16.0. The number of halogens is 1. The monoisotopic (exact) mass is 307 g/mol. The zero-order valence-electron chi connectivity index (χ0n) is 11.3. The first kappa shape index (κ1) is 14.0. The summed E-state index contributed by atoms with van der Waals surface area (Å²) in [6.45, 7) is 0. The summed E-state index contributed by atoms with van der Waals surface area (Å²) in [7, 11) is 0. The Morgan fingerprint density at radius 1 is 1.29 bits per heavy atom. The van der Waals surface area contributed by atoms with Crippen LogP contribution in [0, 0.1) is 10.1 Å². The zero-order valence-corrected chi connectivity index (χ0v) is 12.0. The van der Waals surface area contributed by atoms with Gasteiger partial charge in [0.05, 0.1) is 4.92 Å². The van der Waals surface area contributed by atoms with Crippen molar-refractivity contribution < 1.29 is 9.45 Å². The Morgan fingerprint density at radius 2 is 2.05 bits per heavy atom. The summed E-state index contributed by atoms with van der Waals surface area (Å²) in [5, 5.41) is 15.0. The van der Waals surface area contributed by atoms with E-state index in [-0.39, 0.29) is 10.7 Å². The van der Waals surface area contributed by atoms with Gasteiger partial charge >= 0.3 is 0 Å². The van der Waals surface area contributed by atoms with E-state index in [1.54, 1.807) is 6.07 Å². The van der Waals surface area contributed by atoms with Crippen LogP contribution < -0.4 is 0 Å². The molecule has 1 aromatic heterocycles. The highest BCUT2D eigenvalue weighted by atomic mass is 35.5. The summed E-state index contributed by atoms with van der Waals surface area (Å²) < 4.78 is 5.33. The van der Waals surface area contributed by atoms with Crippen LogP contribution in [0.15, 0.2) is 22.7 Å². The Morgan fingerprint density at radius 3 is 2.76 bits per heavy atom. The summed E-state index contributed by atoms with van der Waals surface area (Å²) in [6.07, 6.45) is 5.72. The topological polar surface area (TPSA) is 82.1 Å². The van der Waals surface area contributed by atoms with Gasteiger partial charge < -0.3 is 4.52 Å². The van der Waals surface area contributed by atoms with Crippen LogP contribution in [0.25, 0.3) is 11.4 Å². The molecule has 0 saturated heterocycles. The summed E-state index contributed by atoms with van der Waals surface area (Å²) in [5.41, 5.74) is 0.384. The minimum absolute atomic E-state index is 0.0970. The molecule has 2 aromatic rings. The van der Waals surface area contributed by atoms with Gasteiger partial charge in [0.2, 0.25) is 11.7 Å². The molecule has 1 aromatic carbocycles. The lowest BCUT2D eigenvalue weighted by Crippen LogP contribution is -2.04. The van der Waals surface area contributed by atoms with Gasteiger partial charge in [-0.1, -0.05) is 36.0 Å². The molecule has 0 unspecified atom stereocenters. The van der Waals surface area contributed by atoms with E-state index in [0.29, 0.717) is 23.2 Å². The lowest BCUT2D eigenvalue weighted by Gasteiger charge is -2.17. The van der Waals surface area contributed by atoms with Gasteiger partial charge in [0, 0.05) is 17.5 Å². The minimum atomic E-state index is -0.520. The number of aromatic nitrogens is 2. The van der Waals surface area contributed by atoms with E-state index >= 15 is 0 Å². The molecule has 0 spiro atoms. The van der Waals surface area contributed by atoms with Crippen LogP contribution in [0.3, 0.4) is 0 Å². The predicted octanol–water partition coefficient (Wildman–Crippen LogP) is 4.35. The van der Waals surface area contributed by atoms with E-state index in [1.165, 1.54) is 31.4 Å². The average Bonchev–Trinajstić information content (AvgIpc) is 2.98. The van der Waals surface area contributed by atoms with Crippen LogP contribution in [0.5, 0.6) is 0 Å². The lowest BCUT2D eigenvalue weighted by atomic mass is 9.89. The van der Waals surface area contributed by atoms with Crippen LogP contribution in [0.1, 0.15) is 43.9 Å². The Bertz CT molecular complexity index is 665. The molecule has 0 bridgehead atoms. The van der Waals surface area contributed by atoms with Crippen molar-refractivity contribution in [3.63, 3.8) is 0 Å². The van der Waals surface area contributed by atoms with Gasteiger partial charge in [-0.2, -0.15) is 4.98 Å². The van der Waals surface area contributed by atoms with E-state index < -0.39 is 4.92 Å². The molecule has 0 radical (unpaired) electrons. The Kier molecular flexibility index (Phi) is 3.88. The number of nitro groups is 1. The SMILES string of the molecule is O=[N+]([O-])c1cc(-c2noc(C3CCCCC3)n2)ccc1Cl. The fraction of sp³-hybridized carbons (Fsp3) is 0.429. The molecule has 1 heterocycles. The van der Waals surface area contributed by atoms with E-state index in [4.69, 9.17) is 16.1 Å². The number of benzene rings is 1. The second-order valence-electron chi connectivity index (χ2n) is 5.21. The smallest absolute Gasteiger partial charge is 0.288 e. The summed E-state index contributed by atoms with van der Waals surface area (Å²) in [4.78, 5) is 14.8. The fourth-order valence-electron chi connectivity index (χ4n) is 2.66. The van der Waals surface area contributed by atoms with Crippen LogP contribution in [-0.2, 0) is 0 Å². The molecule has 1 fully saturated rings. The van der Waals surface area contributed by atoms with Gasteiger partial charge in [-0.25, -0.2) is 0 Å². The van der Waals surface area contributed by atoms with Crippen molar-refractivity contribution in [2.24, 2.45) is 0 Å². The van der Waals surface area contributed by atoms with Crippen molar-refractivity contribution in [1.29, 1.82) is 0 Å². The quantitative estimate of drug-likeness (QED) is 0.622. The Balaban J connectivity index is 1.89. The third-order valence-electron chi connectivity index (χ3n) is 3.80. The Labute approximate surface area is 126 Å². The number of hydrogen-bond acceptors (Lipinski definition) is 5. The molecule has 0 amide bonds. The Hall–Kier alpha value is -1.95. The second kappa shape index (κ2) is 5.81. The van der Waals surface area contributed by atoms with E-state index in [1.807, 2.05) is 0 Å². The van der Waals surface area contributed by atoms with Crippen molar-refractivity contribution >= 4 is 17.3 Å². The first-order chi connectivity index (χ1) is 10.1. The lowest BCUT2D eigenvalue weighted by molar-refractivity contribution is -0.384. The first-order valence-corrected chi connectivity index (χ1v) is 7.31. The highest BCUT2D eigenvalue weighted by Crippen LogP contribution is 2.33. The van der Waals surface area contributed by atoms with Gasteiger partial charge in [-0.05, 0) is 25.0 Å². The number of rotatable bonds is 3. The summed E-state index contributed by atoms with van der Waals surface area (Å²) >= 11 is 5.80. The van der Waals surface area contributed by atoms with Gasteiger partial charge in [0.15, 0.2) is 0 Å². The highest BCUT2D eigenvalue weighted by Gasteiger charge is 2.23. The third kappa shape index (κ3) is 2.90. The van der Waals surface area contributed by atoms with Gasteiger partial charge in [0.25, 0.3) is 5.69 Å². The standard InChI is InChI=1S/C14H14ClN3O3/c15-11-7-6-10(8-12(11)18(19)20)13-16-14(21-17-13)9-4-2-1-3-5-9/h6-9H,1-5H2. The summed E-state index contributed by atoms with van der Waals surface area (Å²) in [5.74, 6) is 1.31. The van der Waals surface area contributed by atoms with Crippen LogP contribution in [0.4, 0.5) is 5.69 Å². The maximum atomic E-state index is 10.9. The van der Waals surface area contributed by atoms with Gasteiger partial charge in [-0.15, -0.1) is 0 Å². The molecule has 1 aliphatic carbocycles. The highest BCUT2D eigenvalue weighted by molar-refractivity contribution is 6.32. The molecular formula is C14H14ClN3O3. The molecule has 3 rings (SSSR count). The third-order valence-corrected chi connectivity index (χ3v) is 4.12. The maximum absolute atomic E-state index is 10.9. The zero-order chi connectivity index (χ0) is 14.8. The molecule has 1 saturated carbocycles. The molecule has 0 N–H and O–H groups in total. The van der Waals surface area contributed by atoms with E-state index in [9.17, 15) is 10.1 Å². The maximum Gasteiger partial charge on any atom is 0.288 e. The average molecular weight is 308 g/mol. The van der Waals surface area contributed by atoms with E-state index in [0.717, 1.165) is 12.8 Å². The second-order valence-corrected chi connectivity index (χ2v) is 5.62. The van der Waals surface area contributed by atoms with Crippen molar-refractivity contribution in [3.8, 4) is 11.4 Å². The largest absolute Gasteiger partial charge is 0.339 e. The molecule has 7 heteroatoms. The van der Waals surface area contributed by atoms with Crippen molar-refractivity contribution in [1.82, 2.24) is 10.1 Å². The molecule has 6 nitrogen and oxygen atoms in total. The van der Waals surface area contributed by atoms with Gasteiger partial charge in [-0.3, -0.25) is 10.1 Å². The molecule has 110 valence electrons. The van der Waals surface area contributed by atoms with Crippen LogP contribution in [-0.4, -0.2) is 15.1 Å². The fourth-order valence-corrected chi connectivity index (χ4v) is 2.85. The predicted molar refractivity (Wildman–Crippen MR) is 77.2 cm³/mol. The van der Waals surface area contributed by atoms with Crippen molar-refractivity contribution in [2.75, 3.05) is 0 Å². The molecule has 0 atom stereocenters. The molecule has 21 heavy (non-hydrogen) atoms. The first-order valence-electron chi connectivity index (χ1n) is 6.93. The van der Waals surface area contributed by atoms with Gasteiger partial charge in [0.1, 0.15) is 5.02 Å². The van der Waals surface area contributed by atoms with Crippen LogP contribution in [0.2, 0.25) is 5.02 Å². The van der Waals surface area contributed by atoms with Crippen LogP contribution >= 0.6 is 11.6 Å². The summed E-state index contributed by atoms with van der Waals surface area (Å²) in [6, 6.07) is 4.51. The van der Waals surface area contributed by atoms with Crippen molar-refractivity contribution in [2.45, 2.75) is 38.0 Å². The van der Waals surface area contributed by atoms with Crippen molar-refractivity contribution in [3.05, 3.63) is 39.2 Å². The minimum Gasteiger partial charge on any atom is -0.339 e. The molecular weight excluding hydrogens is 294 g/mol. The molecule has 1 aliphatic rings. The van der Waals surface area contributed by atoms with E-state index in [2.05, 4.69) is 10.1 Å².